The molecule has 0 saturated heterocycles. The lowest BCUT2D eigenvalue weighted by Crippen LogP contribution is -2.37. The number of amides is 2. The molecule has 29 heavy (non-hydrogen) atoms. The molecule has 0 atom stereocenters. The Labute approximate surface area is 175 Å². The molecule has 7 nitrogen and oxygen atoms in total. The number of pyridine rings is 1. The Morgan fingerprint density at radius 3 is 2.17 bits per heavy atom. The number of nitrogens with one attached hydrogen (secondary N) is 1. The van der Waals surface area contributed by atoms with Crippen molar-refractivity contribution < 1.29 is 9.59 Å². The molecule has 0 aliphatic carbocycles. The first-order valence-electron chi connectivity index (χ1n) is 10.4. The lowest BCUT2D eigenvalue weighted by Gasteiger charge is -2.20. The van der Waals surface area contributed by atoms with Gasteiger partial charge in [-0.15, -0.1) is 0 Å². The summed E-state index contributed by atoms with van der Waals surface area (Å²) in [6.45, 7) is 10.8. The van der Waals surface area contributed by atoms with Crippen LogP contribution < -0.4 is 10.7 Å². The minimum Gasteiger partial charge on any atom is -0.352 e. The molecule has 0 spiro atoms. The van der Waals surface area contributed by atoms with Crippen LogP contribution in [0.1, 0.15) is 61.3 Å². The second-order valence-corrected chi connectivity index (χ2v) is 8.83. The Morgan fingerprint density at radius 1 is 1.00 bits per heavy atom. The van der Waals surface area contributed by atoms with Crippen molar-refractivity contribution in [2.24, 2.45) is 11.8 Å². The third-order valence-electron chi connectivity index (χ3n) is 4.58. The highest BCUT2D eigenvalue weighted by Gasteiger charge is 2.21. The van der Waals surface area contributed by atoms with Gasteiger partial charge in [0, 0.05) is 39.1 Å². The number of hydrogen-bond donors (Lipinski definition) is 1. The van der Waals surface area contributed by atoms with E-state index in [1.54, 1.807) is 28.9 Å². The van der Waals surface area contributed by atoms with Crippen molar-refractivity contribution in [2.45, 2.75) is 47.1 Å². The van der Waals surface area contributed by atoms with E-state index in [1.807, 2.05) is 14.1 Å². The van der Waals surface area contributed by atoms with E-state index in [9.17, 15) is 14.4 Å². The SMILES string of the molecule is CC(C)CCNC(=O)c1cn(CC(C)C)cc(C(=O)N(C)CCCN(C)C)c1=O. The third-order valence-corrected chi connectivity index (χ3v) is 4.58. The van der Waals surface area contributed by atoms with Crippen molar-refractivity contribution in [3.63, 3.8) is 0 Å². The van der Waals surface area contributed by atoms with Crippen LogP contribution in [-0.4, -0.2) is 67.0 Å². The molecule has 0 fully saturated rings. The largest absolute Gasteiger partial charge is 0.352 e. The van der Waals surface area contributed by atoms with E-state index in [1.165, 1.54) is 0 Å². The molecule has 1 heterocycles. The number of nitrogens with zero attached hydrogens (tertiary/aromatic N) is 3. The normalized spacial score (nSPS) is 11.4. The maximum Gasteiger partial charge on any atom is 0.259 e. The summed E-state index contributed by atoms with van der Waals surface area (Å²) in [4.78, 5) is 42.1. The molecule has 0 saturated carbocycles. The monoisotopic (exact) mass is 406 g/mol. The minimum absolute atomic E-state index is 0.0296. The predicted molar refractivity (Wildman–Crippen MR) is 117 cm³/mol. The van der Waals surface area contributed by atoms with Gasteiger partial charge in [-0.05, 0) is 45.3 Å². The van der Waals surface area contributed by atoms with Gasteiger partial charge in [0.15, 0.2) is 0 Å². The number of carbonyl (C=O) groups excluding carboxylic acids is 2. The van der Waals surface area contributed by atoms with E-state index in [-0.39, 0.29) is 17.0 Å². The van der Waals surface area contributed by atoms with Gasteiger partial charge in [-0.1, -0.05) is 27.7 Å². The second-order valence-electron chi connectivity index (χ2n) is 8.83. The molecule has 0 aliphatic rings. The molecule has 0 unspecified atom stereocenters. The van der Waals surface area contributed by atoms with Gasteiger partial charge < -0.3 is 19.7 Å². The summed E-state index contributed by atoms with van der Waals surface area (Å²) in [6.07, 6.45) is 4.79. The van der Waals surface area contributed by atoms with E-state index >= 15 is 0 Å². The van der Waals surface area contributed by atoms with Gasteiger partial charge in [0.25, 0.3) is 11.8 Å². The maximum atomic E-state index is 12.9. The van der Waals surface area contributed by atoms with E-state index in [0.717, 1.165) is 19.4 Å². The summed E-state index contributed by atoms with van der Waals surface area (Å²) < 4.78 is 1.78. The van der Waals surface area contributed by atoms with E-state index < -0.39 is 11.3 Å². The molecule has 0 aliphatic heterocycles. The maximum absolute atomic E-state index is 12.9. The van der Waals surface area contributed by atoms with Crippen LogP contribution in [0.3, 0.4) is 0 Å². The minimum atomic E-state index is -0.503. The Kier molecular flexibility index (Phi) is 10.1. The van der Waals surface area contributed by atoms with Crippen molar-refractivity contribution >= 4 is 11.8 Å². The van der Waals surface area contributed by atoms with Gasteiger partial charge in [0.1, 0.15) is 11.1 Å². The molecular weight excluding hydrogens is 368 g/mol. The first kappa shape index (κ1) is 24.9. The van der Waals surface area contributed by atoms with Crippen LogP contribution in [0.2, 0.25) is 0 Å². The lowest BCUT2D eigenvalue weighted by atomic mass is 10.1. The third kappa shape index (κ3) is 8.40. The van der Waals surface area contributed by atoms with E-state index in [4.69, 9.17) is 0 Å². The smallest absolute Gasteiger partial charge is 0.259 e. The van der Waals surface area contributed by atoms with Crippen LogP contribution in [0.25, 0.3) is 0 Å². The lowest BCUT2D eigenvalue weighted by molar-refractivity contribution is 0.0788. The molecule has 1 rings (SSSR count). The molecular formula is C22H38N4O3. The highest BCUT2D eigenvalue weighted by molar-refractivity contribution is 5.99. The van der Waals surface area contributed by atoms with Gasteiger partial charge in [0.2, 0.25) is 5.43 Å². The van der Waals surface area contributed by atoms with Crippen LogP contribution in [0.5, 0.6) is 0 Å². The fourth-order valence-corrected chi connectivity index (χ4v) is 2.97. The van der Waals surface area contributed by atoms with Crippen LogP contribution in [-0.2, 0) is 6.54 Å². The molecule has 1 aromatic rings. The zero-order chi connectivity index (χ0) is 22.1. The van der Waals surface area contributed by atoms with Gasteiger partial charge in [-0.2, -0.15) is 0 Å². The van der Waals surface area contributed by atoms with Gasteiger partial charge in [-0.3, -0.25) is 14.4 Å². The van der Waals surface area contributed by atoms with Gasteiger partial charge in [-0.25, -0.2) is 0 Å². The van der Waals surface area contributed by atoms with Gasteiger partial charge >= 0.3 is 0 Å². The molecule has 164 valence electrons. The van der Waals surface area contributed by atoms with Gasteiger partial charge in [0.05, 0.1) is 0 Å². The molecule has 0 aromatic carbocycles. The summed E-state index contributed by atoms with van der Waals surface area (Å²) in [7, 11) is 5.65. The molecule has 1 N–H and O–H groups in total. The van der Waals surface area contributed by atoms with Crippen LogP contribution in [0.4, 0.5) is 0 Å². The first-order valence-corrected chi connectivity index (χ1v) is 10.4. The van der Waals surface area contributed by atoms with Crippen molar-refractivity contribution in [1.82, 2.24) is 19.7 Å². The Morgan fingerprint density at radius 2 is 1.62 bits per heavy atom. The highest BCUT2D eigenvalue weighted by atomic mass is 16.2. The molecule has 7 heteroatoms. The number of rotatable bonds is 11. The fraction of sp³-hybridized carbons (Fsp3) is 0.682. The Bertz CT molecular complexity index is 738. The first-order chi connectivity index (χ1) is 13.5. The van der Waals surface area contributed by atoms with Crippen LogP contribution >= 0.6 is 0 Å². The van der Waals surface area contributed by atoms with E-state index in [0.29, 0.717) is 31.5 Å². The summed E-state index contributed by atoms with van der Waals surface area (Å²) in [5.74, 6) is 0.00733. The molecule has 2 amide bonds. The Balaban J connectivity index is 3.13. The number of hydrogen-bond acceptors (Lipinski definition) is 4. The number of carbonyl (C=O) groups is 2. The molecule has 0 bridgehead atoms. The zero-order valence-corrected chi connectivity index (χ0v) is 19.1. The van der Waals surface area contributed by atoms with Crippen molar-refractivity contribution in [1.29, 1.82) is 0 Å². The second kappa shape index (κ2) is 11.8. The quantitative estimate of drug-likeness (QED) is 0.612. The van der Waals surface area contributed by atoms with E-state index in [2.05, 4.69) is 37.9 Å². The van der Waals surface area contributed by atoms with Crippen molar-refractivity contribution in [3.8, 4) is 0 Å². The zero-order valence-electron chi connectivity index (χ0n) is 19.1. The average molecular weight is 407 g/mol. The standard InChI is InChI=1S/C22H38N4O3/c1-16(2)9-10-23-21(28)18-14-26(13-17(3)4)15-19(20(18)27)22(29)25(7)12-8-11-24(5)6/h14-17H,8-13H2,1-7H3,(H,23,28). The summed E-state index contributed by atoms with van der Waals surface area (Å²) in [5, 5.41) is 2.81. The van der Waals surface area contributed by atoms with Crippen LogP contribution in [0.15, 0.2) is 17.2 Å². The Hall–Kier alpha value is -2.15. The highest BCUT2D eigenvalue weighted by Crippen LogP contribution is 2.07. The summed E-state index contributed by atoms with van der Waals surface area (Å²) in [5.41, 5.74) is -0.423. The summed E-state index contributed by atoms with van der Waals surface area (Å²) >= 11 is 0. The topological polar surface area (TPSA) is 74.7 Å². The average Bonchev–Trinajstić information content (AvgIpc) is 2.61. The molecule has 0 radical (unpaired) electrons. The fourth-order valence-electron chi connectivity index (χ4n) is 2.97. The summed E-state index contributed by atoms with van der Waals surface area (Å²) in [6, 6.07) is 0. The predicted octanol–water partition coefficient (Wildman–Crippen LogP) is 2.30. The number of aromatic nitrogens is 1. The van der Waals surface area contributed by atoms with Crippen molar-refractivity contribution in [2.75, 3.05) is 40.8 Å². The van der Waals surface area contributed by atoms with Crippen LogP contribution in [0, 0.1) is 11.8 Å². The van der Waals surface area contributed by atoms with Crippen molar-refractivity contribution in [3.05, 3.63) is 33.7 Å². The molecule has 1 aromatic heterocycles.